The van der Waals surface area contributed by atoms with E-state index in [2.05, 4.69) is 22.4 Å². The lowest BCUT2D eigenvalue weighted by Crippen LogP contribution is -2.32. The molecule has 3 aromatic rings. The van der Waals surface area contributed by atoms with Crippen LogP contribution in [-0.4, -0.2) is 40.8 Å². The molecule has 0 bridgehead atoms. The maximum atomic E-state index is 12.3. The van der Waals surface area contributed by atoms with Crippen LogP contribution in [0.2, 0.25) is 0 Å². The summed E-state index contributed by atoms with van der Waals surface area (Å²) in [5.41, 5.74) is 6.65. The molecule has 33 heavy (non-hydrogen) atoms. The average Bonchev–Trinajstić information content (AvgIpc) is 3.42. The second-order valence-electron chi connectivity index (χ2n) is 7.34. The Hall–Kier alpha value is -3.76. The molecule has 0 saturated carbocycles. The molecular weight excluding hydrogens is 446 g/mol. The Morgan fingerprint density at radius 3 is 2.36 bits per heavy atom. The molecule has 0 spiro atoms. The molecule has 2 amide bonds. The molecule has 10 heteroatoms. The minimum absolute atomic E-state index is 0.0356. The maximum absolute atomic E-state index is 12.3. The lowest BCUT2D eigenvalue weighted by Gasteiger charge is -2.14. The molecule has 9 nitrogen and oxygen atoms in total. The minimum Gasteiger partial charge on any atom is -0.479 e. The molecule has 0 radical (unpaired) electrons. The fourth-order valence-electron chi connectivity index (χ4n) is 3.54. The number of carbonyl (C=O) groups is 3. The standard InChI is InChI=1S/C23H21N3O6S/c1-13(22(28)29)32-26-21(27)19-12-33-20(25-19)10-24-23(30)31-11-18-16-8-4-2-6-14(16)15-7-3-5-9-17(15)18/h2-9,12-13,18H,10-11H2,1H3,(H,24,30)(H,26,27)(H,28,29). The predicted octanol–water partition coefficient (Wildman–Crippen LogP) is 3.32. The molecule has 4 rings (SSSR count). The van der Waals surface area contributed by atoms with Crippen LogP contribution in [0.25, 0.3) is 11.1 Å². The monoisotopic (exact) mass is 467 g/mol. The molecule has 1 heterocycles. The number of fused-ring (bicyclic) bond motifs is 3. The Kier molecular flexibility index (Phi) is 6.66. The Morgan fingerprint density at radius 1 is 1.09 bits per heavy atom. The maximum Gasteiger partial charge on any atom is 0.407 e. The van der Waals surface area contributed by atoms with E-state index < -0.39 is 24.1 Å². The normalized spacial score (nSPS) is 13.0. The first kappa shape index (κ1) is 22.4. The van der Waals surface area contributed by atoms with Gasteiger partial charge in [0.25, 0.3) is 5.91 Å². The number of rotatable bonds is 8. The van der Waals surface area contributed by atoms with Crippen LogP contribution in [0, 0.1) is 0 Å². The minimum atomic E-state index is -1.21. The van der Waals surface area contributed by atoms with E-state index in [1.807, 2.05) is 41.9 Å². The zero-order valence-corrected chi connectivity index (χ0v) is 18.4. The number of thiazole rings is 1. The highest BCUT2D eigenvalue weighted by Gasteiger charge is 2.29. The molecular formula is C23H21N3O6S. The third-order valence-electron chi connectivity index (χ3n) is 5.19. The van der Waals surface area contributed by atoms with Gasteiger partial charge >= 0.3 is 12.1 Å². The number of carboxylic acid groups (broad SMARTS) is 1. The summed E-state index contributed by atoms with van der Waals surface area (Å²) < 4.78 is 5.47. The highest BCUT2D eigenvalue weighted by Crippen LogP contribution is 2.44. The molecule has 1 unspecified atom stereocenters. The van der Waals surface area contributed by atoms with Crippen molar-refractivity contribution < 1.29 is 29.1 Å². The summed E-state index contributed by atoms with van der Waals surface area (Å²) >= 11 is 1.17. The van der Waals surface area contributed by atoms with Gasteiger partial charge in [-0.25, -0.2) is 20.1 Å². The number of aliphatic carboxylic acids is 1. The second-order valence-corrected chi connectivity index (χ2v) is 8.28. The summed E-state index contributed by atoms with van der Waals surface area (Å²) in [6.07, 6.45) is -1.78. The van der Waals surface area contributed by atoms with Gasteiger partial charge in [0.15, 0.2) is 6.10 Å². The molecule has 3 N–H and O–H groups in total. The van der Waals surface area contributed by atoms with E-state index in [1.165, 1.54) is 23.6 Å². The molecule has 0 saturated heterocycles. The van der Waals surface area contributed by atoms with Gasteiger partial charge in [-0.15, -0.1) is 11.3 Å². The summed E-state index contributed by atoms with van der Waals surface area (Å²) in [6, 6.07) is 16.2. The fraction of sp³-hybridized carbons (Fsp3) is 0.217. The highest BCUT2D eigenvalue weighted by molar-refractivity contribution is 7.09. The Bertz CT molecular complexity index is 1150. The van der Waals surface area contributed by atoms with Crippen LogP contribution in [-0.2, 0) is 20.9 Å². The largest absolute Gasteiger partial charge is 0.479 e. The van der Waals surface area contributed by atoms with E-state index in [-0.39, 0.29) is 24.8 Å². The lowest BCUT2D eigenvalue weighted by molar-refractivity contribution is -0.152. The zero-order chi connectivity index (χ0) is 23.4. The summed E-state index contributed by atoms with van der Waals surface area (Å²) in [4.78, 5) is 43.8. The first-order valence-electron chi connectivity index (χ1n) is 10.2. The van der Waals surface area contributed by atoms with Crippen molar-refractivity contribution in [3.05, 3.63) is 75.7 Å². The van der Waals surface area contributed by atoms with Crippen molar-refractivity contribution in [1.82, 2.24) is 15.8 Å². The van der Waals surface area contributed by atoms with Crippen molar-refractivity contribution in [3.63, 3.8) is 0 Å². The first-order chi connectivity index (χ1) is 15.9. The molecule has 1 aliphatic rings. The molecule has 1 atom stereocenters. The number of amides is 2. The van der Waals surface area contributed by atoms with Gasteiger partial charge in [-0.1, -0.05) is 48.5 Å². The smallest absolute Gasteiger partial charge is 0.407 e. The number of nitrogens with one attached hydrogen (secondary N) is 2. The van der Waals surface area contributed by atoms with Gasteiger partial charge < -0.3 is 15.2 Å². The summed E-state index contributed by atoms with van der Waals surface area (Å²) in [5, 5.41) is 13.4. The van der Waals surface area contributed by atoms with E-state index in [1.54, 1.807) is 0 Å². The Morgan fingerprint density at radius 2 is 1.73 bits per heavy atom. The number of ether oxygens (including phenoxy) is 1. The third kappa shape index (κ3) is 5.02. The van der Waals surface area contributed by atoms with Crippen molar-refractivity contribution in [3.8, 4) is 11.1 Å². The van der Waals surface area contributed by atoms with Gasteiger partial charge in [-0.2, -0.15) is 0 Å². The quantitative estimate of drug-likeness (QED) is 0.434. The van der Waals surface area contributed by atoms with Crippen molar-refractivity contribution in [2.45, 2.75) is 25.5 Å². The van der Waals surface area contributed by atoms with Gasteiger partial charge in [0.2, 0.25) is 0 Å². The molecule has 0 fully saturated rings. The molecule has 0 aliphatic heterocycles. The van der Waals surface area contributed by atoms with Crippen LogP contribution in [0.15, 0.2) is 53.9 Å². The SMILES string of the molecule is CC(ONC(=O)c1csc(CNC(=O)OCC2c3ccccc3-c3ccccc32)n1)C(=O)O. The number of alkyl carbamates (subject to hydrolysis) is 1. The number of hydrogen-bond acceptors (Lipinski definition) is 7. The van der Waals surface area contributed by atoms with Crippen molar-refractivity contribution in [2.24, 2.45) is 0 Å². The van der Waals surface area contributed by atoms with Crippen molar-refractivity contribution in [2.75, 3.05) is 6.61 Å². The number of carboxylic acids is 1. The lowest BCUT2D eigenvalue weighted by atomic mass is 9.98. The van der Waals surface area contributed by atoms with Crippen molar-refractivity contribution in [1.29, 1.82) is 0 Å². The number of aromatic nitrogens is 1. The summed E-state index contributed by atoms with van der Waals surface area (Å²) in [6.45, 7) is 1.57. The number of benzene rings is 2. The second kappa shape index (κ2) is 9.80. The topological polar surface area (TPSA) is 127 Å². The highest BCUT2D eigenvalue weighted by atomic mass is 32.1. The van der Waals surface area contributed by atoms with Crippen LogP contribution in [0.4, 0.5) is 4.79 Å². The van der Waals surface area contributed by atoms with Crippen LogP contribution < -0.4 is 10.8 Å². The molecule has 1 aliphatic carbocycles. The van der Waals surface area contributed by atoms with Crippen LogP contribution in [0.5, 0.6) is 0 Å². The molecule has 1 aromatic heterocycles. The van der Waals surface area contributed by atoms with Gasteiger partial charge in [0.1, 0.15) is 17.3 Å². The Labute approximate surface area is 193 Å². The fourth-order valence-corrected chi connectivity index (χ4v) is 4.25. The van der Waals surface area contributed by atoms with E-state index in [9.17, 15) is 14.4 Å². The third-order valence-corrected chi connectivity index (χ3v) is 6.04. The predicted molar refractivity (Wildman–Crippen MR) is 120 cm³/mol. The van der Waals surface area contributed by atoms with Gasteiger partial charge in [0.05, 0.1) is 6.54 Å². The average molecular weight is 468 g/mol. The first-order valence-corrected chi connectivity index (χ1v) is 11.0. The number of carbonyl (C=O) groups excluding carboxylic acids is 2. The molecule has 2 aromatic carbocycles. The van der Waals surface area contributed by atoms with E-state index in [4.69, 9.17) is 14.7 Å². The number of hydroxylamine groups is 1. The van der Waals surface area contributed by atoms with E-state index >= 15 is 0 Å². The summed E-state index contributed by atoms with van der Waals surface area (Å²) in [5.74, 6) is -1.92. The van der Waals surface area contributed by atoms with Crippen LogP contribution in [0.3, 0.4) is 0 Å². The zero-order valence-electron chi connectivity index (χ0n) is 17.6. The van der Waals surface area contributed by atoms with Gasteiger partial charge in [0, 0.05) is 11.3 Å². The summed E-state index contributed by atoms with van der Waals surface area (Å²) in [7, 11) is 0. The Balaban J connectivity index is 1.29. The van der Waals surface area contributed by atoms with E-state index in [0.29, 0.717) is 5.01 Å². The van der Waals surface area contributed by atoms with Crippen LogP contribution >= 0.6 is 11.3 Å². The van der Waals surface area contributed by atoms with Crippen molar-refractivity contribution >= 4 is 29.3 Å². The van der Waals surface area contributed by atoms with Gasteiger partial charge in [-0.05, 0) is 29.2 Å². The van der Waals surface area contributed by atoms with Crippen LogP contribution in [0.1, 0.15) is 39.5 Å². The van der Waals surface area contributed by atoms with E-state index in [0.717, 1.165) is 22.3 Å². The van der Waals surface area contributed by atoms with Gasteiger partial charge in [-0.3, -0.25) is 9.63 Å². The molecule has 170 valence electrons. The number of hydrogen-bond donors (Lipinski definition) is 3. The number of nitrogens with zero attached hydrogens (tertiary/aromatic N) is 1.